The highest BCUT2D eigenvalue weighted by Gasteiger charge is 2.11. The number of carbonyl (C=O) groups excluding carboxylic acids is 1. The largest absolute Gasteiger partial charge is 0.399 e. The van der Waals surface area contributed by atoms with Crippen LogP contribution in [0.3, 0.4) is 0 Å². The summed E-state index contributed by atoms with van der Waals surface area (Å²) in [4.78, 5) is 12.1. The van der Waals surface area contributed by atoms with Crippen molar-refractivity contribution in [2.24, 2.45) is 0 Å². The highest BCUT2D eigenvalue weighted by atomic mass is 16.5. The molecule has 0 bridgehead atoms. The van der Waals surface area contributed by atoms with Crippen LogP contribution in [-0.4, -0.2) is 11.9 Å². The zero-order chi connectivity index (χ0) is 14.4. The molecule has 0 aliphatic carbocycles. The zero-order valence-electron chi connectivity index (χ0n) is 11.6. The number of ether oxygens (including phenoxy) is 1. The molecule has 2 N–H and O–H groups in total. The van der Waals surface area contributed by atoms with E-state index in [1.807, 2.05) is 37.3 Å². The normalized spacial score (nSPS) is 12.1. The van der Waals surface area contributed by atoms with Crippen LogP contribution in [0.4, 0.5) is 5.69 Å². The number of anilines is 1. The van der Waals surface area contributed by atoms with Gasteiger partial charge in [-0.2, -0.15) is 0 Å². The number of nitrogens with two attached hydrogens (primary N) is 1. The number of ketones is 1. The fraction of sp³-hybridized carbons (Fsp3) is 0.235. The van der Waals surface area contributed by atoms with Gasteiger partial charge < -0.3 is 10.5 Å². The van der Waals surface area contributed by atoms with Crippen molar-refractivity contribution >= 4 is 11.5 Å². The predicted molar refractivity (Wildman–Crippen MR) is 80.5 cm³/mol. The van der Waals surface area contributed by atoms with E-state index < -0.39 is 0 Å². The molecule has 1 unspecified atom stereocenters. The Labute approximate surface area is 119 Å². The zero-order valence-corrected chi connectivity index (χ0v) is 11.6. The van der Waals surface area contributed by atoms with Crippen LogP contribution in [-0.2, 0) is 11.3 Å². The Bertz CT molecular complexity index is 549. The summed E-state index contributed by atoms with van der Waals surface area (Å²) >= 11 is 0. The highest BCUT2D eigenvalue weighted by Crippen LogP contribution is 2.12. The summed E-state index contributed by atoms with van der Waals surface area (Å²) in [7, 11) is 0. The molecule has 2 aromatic carbocycles. The smallest absolute Gasteiger partial charge is 0.165 e. The Morgan fingerprint density at radius 3 is 2.40 bits per heavy atom. The molecule has 0 heterocycles. The second kappa shape index (κ2) is 6.87. The van der Waals surface area contributed by atoms with E-state index in [0.29, 0.717) is 24.3 Å². The topological polar surface area (TPSA) is 52.3 Å². The second-order valence-corrected chi connectivity index (χ2v) is 4.86. The van der Waals surface area contributed by atoms with Crippen molar-refractivity contribution < 1.29 is 9.53 Å². The third kappa shape index (κ3) is 4.21. The summed E-state index contributed by atoms with van der Waals surface area (Å²) in [5.41, 5.74) is 8.05. The lowest BCUT2D eigenvalue weighted by atomic mass is 10.1. The monoisotopic (exact) mass is 269 g/mol. The maximum atomic E-state index is 12.1. The van der Waals surface area contributed by atoms with E-state index >= 15 is 0 Å². The van der Waals surface area contributed by atoms with Gasteiger partial charge in [-0.3, -0.25) is 4.79 Å². The molecule has 0 aromatic heterocycles. The highest BCUT2D eigenvalue weighted by molar-refractivity contribution is 5.96. The van der Waals surface area contributed by atoms with Gasteiger partial charge in [0.05, 0.1) is 12.7 Å². The second-order valence-electron chi connectivity index (χ2n) is 4.86. The molecule has 0 radical (unpaired) electrons. The molecule has 1 atom stereocenters. The molecule has 0 fully saturated rings. The summed E-state index contributed by atoms with van der Waals surface area (Å²) < 4.78 is 5.70. The van der Waals surface area contributed by atoms with E-state index in [9.17, 15) is 4.79 Å². The van der Waals surface area contributed by atoms with Gasteiger partial charge in [0.15, 0.2) is 5.78 Å². The van der Waals surface area contributed by atoms with Crippen LogP contribution in [0, 0.1) is 0 Å². The minimum Gasteiger partial charge on any atom is -0.399 e. The van der Waals surface area contributed by atoms with E-state index in [-0.39, 0.29) is 11.9 Å². The number of nitrogen functional groups attached to an aromatic ring is 1. The van der Waals surface area contributed by atoms with Gasteiger partial charge in [-0.1, -0.05) is 30.3 Å². The van der Waals surface area contributed by atoms with Crippen LogP contribution >= 0.6 is 0 Å². The first-order valence-corrected chi connectivity index (χ1v) is 6.69. The van der Waals surface area contributed by atoms with Gasteiger partial charge in [0, 0.05) is 17.7 Å². The lowest BCUT2D eigenvalue weighted by molar-refractivity contribution is 0.0444. The summed E-state index contributed by atoms with van der Waals surface area (Å²) in [6.07, 6.45) is 0.261. The van der Waals surface area contributed by atoms with E-state index in [2.05, 4.69) is 0 Å². The number of Topliss-reactive ketones (excluding diaryl/α,β-unsaturated/α-hetero) is 1. The Morgan fingerprint density at radius 2 is 1.75 bits per heavy atom. The van der Waals surface area contributed by atoms with Gasteiger partial charge in [-0.25, -0.2) is 0 Å². The molecule has 0 saturated carbocycles. The number of hydrogen-bond acceptors (Lipinski definition) is 3. The lowest BCUT2D eigenvalue weighted by Crippen LogP contribution is -2.14. The van der Waals surface area contributed by atoms with Crippen LogP contribution in [0.15, 0.2) is 54.6 Å². The third-order valence-electron chi connectivity index (χ3n) is 3.08. The van der Waals surface area contributed by atoms with Crippen molar-refractivity contribution in [1.29, 1.82) is 0 Å². The van der Waals surface area contributed by atoms with Crippen molar-refractivity contribution in [3.63, 3.8) is 0 Å². The molecule has 104 valence electrons. The van der Waals surface area contributed by atoms with Gasteiger partial charge in [-0.05, 0) is 36.8 Å². The van der Waals surface area contributed by atoms with Crippen molar-refractivity contribution in [2.75, 3.05) is 5.73 Å². The quantitative estimate of drug-likeness (QED) is 0.645. The standard InChI is InChI=1S/C17H19NO2/c1-13(20-12-14-5-3-2-4-6-14)11-17(19)15-7-9-16(18)10-8-15/h2-10,13H,11-12,18H2,1H3. The molecular formula is C17H19NO2. The minimum absolute atomic E-state index is 0.0746. The summed E-state index contributed by atoms with van der Waals surface area (Å²) in [5.74, 6) is 0.0746. The van der Waals surface area contributed by atoms with Crippen molar-refractivity contribution in [3.8, 4) is 0 Å². The van der Waals surface area contributed by atoms with Crippen LogP contribution < -0.4 is 5.73 Å². The molecule has 3 heteroatoms. The minimum atomic E-state index is -0.111. The van der Waals surface area contributed by atoms with Crippen LogP contribution in [0.25, 0.3) is 0 Å². The Kier molecular flexibility index (Phi) is 4.91. The predicted octanol–water partition coefficient (Wildman–Crippen LogP) is 3.45. The molecule has 2 rings (SSSR count). The molecule has 0 aliphatic rings. The van der Waals surface area contributed by atoms with E-state index in [0.717, 1.165) is 5.56 Å². The number of benzene rings is 2. The van der Waals surface area contributed by atoms with Gasteiger partial charge in [-0.15, -0.1) is 0 Å². The van der Waals surface area contributed by atoms with Crippen molar-refractivity contribution in [3.05, 3.63) is 65.7 Å². The van der Waals surface area contributed by atoms with Gasteiger partial charge >= 0.3 is 0 Å². The third-order valence-corrected chi connectivity index (χ3v) is 3.08. The Balaban J connectivity index is 1.83. The Morgan fingerprint density at radius 1 is 1.10 bits per heavy atom. The molecule has 0 spiro atoms. The SMILES string of the molecule is CC(CC(=O)c1ccc(N)cc1)OCc1ccccc1. The molecule has 0 aliphatic heterocycles. The summed E-state index contributed by atoms with van der Waals surface area (Å²) in [5, 5.41) is 0. The first-order valence-electron chi connectivity index (χ1n) is 6.69. The van der Waals surface area contributed by atoms with Gasteiger partial charge in [0.1, 0.15) is 0 Å². The molecule has 0 saturated heterocycles. The average molecular weight is 269 g/mol. The molecule has 2 aromatic rings. The van der Waals surface area contributed by atoms with Crippen LogP contribution in [0.5, 0.6) is 0 Å². The van der Waals surface area contributed by atoms with Gasteiger partial charge in [0.25, 0.3) is 0 Å². The molecule has 20 heavy (non-hydrogen) atoms. The van der Waals surface area contributed by atoms with Crippen LogP contribution in [0.1, 0.15) is 29.3 Å². The first kappa shape index (κ1) is 14.3. The number of hydrogen-bond donors (Lipinski definition) is 1. The van der Waals surface area contributed by atoms with E-state index in [1.165, 1.54) is 0 Å². The molecular weight excluding hydrogens is 250 g/mol. The fourth-order valence-electron chi connectivity index (χ4n) is 1.92. The van der Waals surface area contributed by atoms with Crippen molar-refractivity contribution in [1.82, 2.24) is 0 Å². The fourth-order valence-corrected chi connectivity index (χ4v) is 1.92. The van der Waals surface area contributed by atoms with E-state index in [4.69, 9.17) is 10.5 Å². The van der Waals surface area contributed by atoms with Crippen molar-refractivity contribution in [2.45, 2.75) is 26.1 Å². The summed E-state index contributed by atoms with van der Waals surface area (Å²) in [6.45, 7) is 2.44. The summed E-state index contributed by atoms with van der Waals surface area (Å²) in [6, 6.07) is 16.9. The average Bonchev–Trinajstić information content (AvgIpc) is 2.47. The lowest BCUT2D eigenvalue weighted by Gasteiger charge is -2.12. The van der Waals surface area contributed by atoms with E-state index in [1.54, 1.807) is 24.3 Å². The maximum Gasteiger partial charge on any atom is 0.165 e. The number of carbonyl (C=O) groups is 1. The molecule has 3 nitrogen and oxygen atoms in total. The maximum absolute atomic E-state index is 12.1. The van der Waals surface area contributed by atoms with Gasteiger partial charge in [0.2, 0.25) is 0 Å². The Hall–Kier alpha value is -2.13. The number of rotatable bonds is 6. The molecule has 0 amide bonds. The first-order chi connectivity index (χ1) is 9.65. The van der Waals surface area contributed by atoms with Crippen LogP contribution in [0.2, 0.25) is 0 Å².